The Morgan fingerprint density at radius 2 is 1.43 bits per heavy atom. The third kappa shape index (κ3) is 4.13. The Kier molecular flexibility index (Phi) is 5.93. The SMILES string of the molecule is O=C(NO)c1ccc(CCc2ccc(C3(c4ccc(F)cc4)CCCO3)cc2)cc1. The summed E-state index contributed by atoms with van der Waals surface area (Å²) in [6, 6.07) is 22.3. The molecular formula is C25H24FNO3. The maximum Gasteiger partial charge on any atom is 0.274 e. The molecule has 1 aliphatic rings. The number of halogens is 1. The van der Waals surface area contributed by atoms with E-state index < -0.39 is 11.5 Å². The van der Waals surface area contributed by atoms with E-state index in [2.05, 4.69) is 24.3 Å². The zero-order valence-electron chi connectivity index (χ0n) is 16.6. The largest absolute Gasteiger partial charge is 0.366 e. The molecule has 1 unspecified atom stereocenters. The van der Waals surface area contributed by atoms with Crippen LogP contribution >= 0.6 is 0 Å². The minimum atomic E-state index is -0.513. The van der Waals surface area contributed by atoms with E-state index in [1.807, 2.05) is 24.3 Å². The molecule has 0 aliphatic carbocycles. The topological polar surface area (TPSA) is 58.6 Å². The molecule has 5 heteroatoms. The Hall–Kier alpha value is -3.02. The molecule has 3 aromatic rings. The lowest BCUT2D eigenvalue weighted by Gasteiger charge is -2.30. The van der Waals surface area contributed by atoms with Crippen molar-refractivity contribution >= 4 is 5.91 Å². The van der Waals surface area contributed by atoms with Crippen LogP contribution in [0.4, 0.5) is 4.39 Å². The number of hydrogen-bond acceptors (Lipinski definition) is 3. The number of nitrogens with one attached hydrogen (secondary N) is 1. The maximum absolute atomic E-state index is 13.4. The smallest absolute Gasteiger partial charge is 0.274 e. The summed E-state index contributed by atoms with van der Waals surface area (Å²) in [5.41, 5.74) is 5.97. The van der Waals surface area contributed by atoms with Gasteiger partial charge in [-0.2, -0.15) is 0 Å². The van der Waals surface area contributed by atoms with Gasteiger partial charge in [0.1, 0.15) is 11.4 Å². The number of ether oxygens (including phenoxy) is 1. The number of aryl methyl sites for hydroxylation is 2. The zero-order valence-corrected chi connectivity index (χ0v) is 16.6. The molecule has 1 heterocycles. The molecule has 3 aromatic carbocycles. The monoisotopic (exact) mass is 405 g/mol. The van der Waals surface area contributed by atoms with Crippen LogP contribution in [0.1, 0.15) is 45.5 Å². The van der Waals surface area contributed by atoms with Gasteiger partial charge in [0.05, 0.1) is 0 Å². The Balaban J connectivity index is 1.47. The van der Waals surface area contributed by atoms with Gasteiger partial charge in [0.25, 0.3) is 5.91 Å². The van der Waals surface area contributed by atoms with Crippen molar-refractivity contribution < 1.29 is 19.1 Å². The molecule has 1 amide bonds. The third-order valence-electron chi connectivity index (χ3n) is 5.77. The van der Waals surface area contributed by atoms with E-state index in [9.17, 15) is 9.18 Å². The van der Waals surface area contributed by atoms with E-state index in [0.29, 0.717) is 12.2 Å². The molecule has 4 rings (SSSR count). The molecule has 1 saturated heterocycles. The fourth-order valence-electron chi connectivity index (χ4n) is 4.10. The van der Waals surface area contributed by atoms with E-state index in [-0.39, 0.29) is 5.82 Å². The van der Waals surface area contributed by atoms with Crippen LogP contribution in [0.3, 0.4) is 0 Å². The van der Waals surface area contributed by atoms with Crippen molar-refractivity contribution in [2.24, 2.45) is 0 Å². The van der Waals surface area contributed by atoms with Crippen LogP contribution in [0.2, 0.25) is 0 Å². The molecule has 4 nitrogen and oxygen atoms in total. The minimum absolute atomic E-state index is 0.243. The zero-order chi connectivity index (χ0) is 21.0. The summed E-state index contributed by atoms with van der Waals surface area (Å²) in [4.78, 5) is 11.4. The van der Waals surface area contributed by atoms with Crippen molar-refractivity contribution in [2.45, 2.75) is 31.3 Å². The fourth-order valence-corrected chi connectivity index (χ4v) is 4.10. The predicted molar refractivity (Wildman–Crippen MR) is 112 cm³/mol. The summed E-state index contributed by atoms with van der Waals surface area (Å²) >= 11 is 0. The Labute approximate surface area is 175 Å². The molecule has 0 spiro atoms. The van der Waals surface area contributed by atoms with Crippen molar-refractivity contribution in [2.75, 3.05) is 6.61 Å². The van der Waals surface area contributed by atoms with Gasteiger partial charge in [-0.3, -0.25) is 10.0 Å². The average Bonchev–Trinajstić information content (AvgIpc) is 3.29. The van der Waals surface area contributed by atoms with Crippen molar-refractivity contribution in [1.29, 1.82) is 0 Å². The van der Waals surface area contributed by atoms with Crippen LogP contribution in [0, 0.1) is 5.82 Å². The van der Waals surface area contributed by atoms with Crippen LogP contribution < -0.4 is 5.48 Å². The van der Waals surface area contributed by atoms with Gasteiger partial charge in [0.15, 0.2) is 0 Å². The van der Waals surface area contributed by atoms with Crippen LogP contribution in [0.25, 0.3) is 0 Å². The number of hydroxylamine groups is 1. The Morgan fingerprint density at radius 3 is 1.93 bits per heavy atom. The van der Waals surface area contributed by atoms with Crippen LogP contribution in [-0.2, 0) is 23.2 Å². The molecule has 0 aromatic heterocycles. The standard InChI is InChI=1S/C25H24FNO3/c26-23-14-12-22(13-15-23)25(16-1-17-30-25)21-10-6-19(7-11-21)3-2-18-4-8-20(9-5-18)24(28)27-29/h4-15,29H,1-3,16-17H2,(H,27,28). The van der Waals surface area contributed by atoms with Crippen LogP contribution in [-0.4, -0.2) is 17.7 Å². The van der Waals surface area contributed by atoms with Crippen LogP contribution in [0.5, 0.6) is 0 Å². The van der Waals surface area contributed by atoms with Gasteiger partial charge in [-0.25, -0.2) is 9.87 Å². The van der Waals surface area contributed by atoms with Gasteiger partial charge >= 0.3 is 0 Å². The highest BCUT2D eigenvalue weighted by Gasteiger charge is 2.38. The van der Waals surface area contributed by atoms with E-state index in [1.165, 1.54) is 17.7 Å². The fraction of sp³-hybridized carbons (Fsp3) is 0.240. The Bertz CT molecular complexity index is 992. The second kappa shape index (κ2) is 8.78. The molecule has 2 N–H and O–H groups in total. The van der Waals surface area contributed by atoms with Gasteiger partial charge in [-0.05, 0) is 72.2 Å². The lowest BCUT2D eigenvalue weighted by atomic mass is 9.83. The van der Waals surface area contributed by atoms with E-state index >= 15 is 0 Å². The van der Waals surface area contributed by atoms with E-state index in [1.54, 1.807) is 17.6 Å². The molecule has 0 radical (unpaired) electrons. The lowest BCUT2D eigenvalue weighted by molar-refractivity contribution is 0.0359. The second-order valence-corrected chi connectivity index (χ2v) is 7.62. The highest BCUT2D eigenvalue weighted by Crippen LogP contribution is 2.42. The highest BCUT2D eigenvalue weighted by molar-refractivity contribution is 5.93. The van der Waals surface area contributed by atoms with E-state index in [0.717, 1.165) is 42.4 Å². The molecule has 0 bridgehead atoms. The first-order valence-corrected chi connectivity index (χ1v) is 10.1. The third-order valence-corrected chi connectivity index (χ3v) is 5.77. The van der Waals surface area contributed by atoms with Crippen molar-refractivity contribution in [3.63, 3.8) is 0 Å². The van der Waals surface area contributed by atoms with E-state index in [4.69, 9.17) is 9.94 Å². The van der Waals surface area contributed by atoms with Crippen molar-refractivity contribution in [3.8, 4) is 0 Å². The summed E-state index contributed by atoms with van der Waals surface area (Å²) in [5, 5.41) is 8.69. The second-order valence-electron chi connectivity index (χ2n) is 7.62. The number of amides is 1. The Morgan fingerprint density at radius 1 is 0.900 bits per heavy atom. The summed E-state index contributed by atoms with van der Waals surface area (Å²) in [6.45, 7) is 0.698. The molecule has 1 fully saturated rings. The molecular weight excluding hydrogens is 381 g/mol. The summed E-state index contributed by atoms with van der Waals surface area (Å²) in [7, 11) is 0. The molecule has 30 heavy (non-hydrogen) atoms. The molecule has 0 saturated carbocycles. The molecule has 1 atom stereocenters. The normalized spacial score (nSPS) is 18.3. The maximum atomic E-state index is 13.4. The first kappa shape index (κ1) is 20.3. The number of carbonyl (C=O) groups is 1. The van der Waals surface area contributed by atoms with Gasteiger partial charge in [0, 0.05) is 12.2 Å². The summed E-state index contributed by atoms with van der Waals surface area (Å²) in [5.74, 6) is -0.756. The first-order valence-electron chi connectivity index (χ1n) is 10.1. The van der Waals surface area contributed by atoms with Gasteiger partial charge in [0.2, 0.25) is 0 Å². The number of benzene rings is 3. The number of rotatable bonds is 6. The van der Waals surface area contributed by atoms with Crippen LogP contribution in [0.15, 0.2) is 72.8 Å². The summed E-state index contributed by atoms with van der Waals surface area (Å²) in [6.07, 6.45) is 3.57. The highest BCUT2D eigenvalue weighted by atomic mass is 19.1. The quantitative estimate of drug-likeness (QED) is 0.458. The van der Waals surface area contributed by atoms with Gasteiger partial charge < -0.3 is 4.74 Å². The molecule has 1 aliphatic heterocycles. The first-order chi connectivity index (χ1) is 14.6. The van der Waals surface area contributed by atoms with Gasteiger partial charge in [-0.1, -0.05) is 48.5 Å². The molecule has 154 valence electrons. The number of hydrogen-bond donors (Lipinski definition) is 2. The van der Waals surface area contributed by atoms with Crippen molar-refractivity contribution in [1.82, 2.24) is 5.48 Å². The minimum Gasteiger partial charge on any atom is -0.366 e. The number of carbonyl (C=O) groups excluding carboxylic acids is 1. The van der Waals surface area contributed by atoms with Gasteiger partial charge in [-0.15, -0.1) is 0 Å². The summed E-state index contributed by atoms with van der Waals surface area (Å²) < 4.78 is 19.6. The average molecular weight is 405 g/mol. The predicted octanol–water partition coefficient (Wildman–Crippen LogP) is 4.78. The van der Waals surface area contributed by atoms with Crippen molar-refractivity contribution in [3.05, 3.63) is 106 Å². The lowest BCUT2D eigenvalue weighted by Crippen LogP contribution is -2.26.